The summed E-state index contributed by atoms with van der Waals surface area (Å²) in [6.07, 6.45) is 1.84. The van der Waals surface area contributed by atoms with E-state index in [-0.39, 0.29) is 11.7 Å². The third kappa shape index (κ3) is 5.15. The van der Waals surface area contributed by atoms with E-state index in [0.29, 0.717) is 47.0 Å². The maximum atomic E-state index is 13.2. The molecular weight excluding hydrogens is 518 g/mol. The minimum atomic E-state index is -0.322. The molecule has 0 radical (unpaired) electrons. The van der Waals surface area contributed by atoms with E-state index < -0.39 is 0 Å². The van der Waals surface area contributed by atoms with Gasteiger partial charge in [-0.15, -0.1) is 0 Å². The summed E-state index contributed by atoms with van der Waals surface area (Å²) in [5.74, 6) is 0.935. The van der Waals surface area contributed by atoms with Crippen molar-refractivity contribution in [2.24, 2.45) is 4.99 Å². The molecule has 0 aromatic heterocycles. The predicted octanol–water partition coefficient (Wildman–Crippen LogP) is 5.85. The number of aliphatic imine (C=N–C) groups is 1. The Balaban J connectivity index is 1.95. The predicted molar refractivity (Wildman–Crippen MR) is 128 cm³/mol. The van der Waals surface area contributed by atoms with Gasteiger partial charge in [-0.05, 0) is 103 Å². The highest BCUT2D eigenvalue weighted by atomic mass is 127. The van der Waals surface area contributed by atoms with Gasteiger partial charge in [-0.1, -0.05) is 0 Å². The first-order chi connectivity index (χ1) is 14.5. The zero-order chi connectivity index (χ0) is 21.7. The monoisotopic (exact) mass is 540 g/mol. The number of hydrogen-bond donors (Lipinski definition) is 0. The highest BCUT2D eigenvalue weighted by Crippen LogP contribution is 2.38. The van der Waals surface area contributed by atoms with E-state index in [9.17, 15) is 9.18 Å². The van der Waals surface area contributed by atoms with Gasteiger partial charge in [0.2, 0.25) is 0 Å². The molecule has 1 amide bonds. The number of rotatable bonds is 7. The molecule has 2 aromatic rings. The average Bonchev–Trinajstić information content (AvgIpc) is 3.00. The lowest BCUT2D eigenvalue weighted by atomic mass is 10.2. The number of likely N-dealkylation sites (N-methyl/N-ethyl adjacent to an activating group) is 1. The molecular formula is C22H22FIN2O3S. The van der Waals surface area contributed by atoms with Crippen molar-refractivity contribution in [3.05, 3.63) is 56.3 Å². The number of ether oxygens (including phenoxy) is 2. The summed E-state index contributed by atoms with van der Waals surface area (Å²) in [4.78, 5) is 19.6. The maximum absolute atomic E-state index is 13.2. The molecule has 1 aliphatic rings. The van der Waals surface area contributed by atoms with Crippen molar-refractivity contribution in [2.75, 3.05) is 19.8 Å². The van der Waals surface area contributed by atoms with Crippen LogP contribution in [-0.2, 0) is 4.79 Å². The second kappa shape index (κ2) is 10.3. The van der Waals surface area contributed by atoms with Gasteiger partial charge in [0.1, 0.15) is 5.82 Å². The summed E-state index contributed by atoms with van der Waals surface area (Å²) in [5.41, 5.74) is 1.45. The van der Waals surface area contributed by atoms with Crippen LogP contribution in [0.25, 0.3) is 6.08 Å². The lowest BCUT2D eigenvalue weighted by Gasteiger charge is -2.14. The Morgan fingerprint density at radius 3 is 2.47 bits per heavy atom. The number of benzene rings is 2. The minimum absolute atomic E-state index is 0.106. The van der Waals surface area contributed by atoms with Crippen molar-refractivity contribution >= 4 is 57.2 Å². The Kier molecular flexibility index (Phi) is 7.76. The van der Waals surface area contributed by atoms with Gasteiger partial charge in [-0.2, -0.15) is 0 Å². The van der Waals surface area contributed by atoms with Crippen LogP contribution in [0.1, 0.15) is 26.3 Å². The Morgan fingerprint density at radius 2 is 1.83 bits per heavy atom. The summed E-state index contributed by atoms with van der Waals surface area (Å²) in [6, 6.07) is 9.72. The second-order valence-electron chi connectivity index (χ2n) is 6.23. The fourth-order valence-electron chi connectivity index (χ4n) is 2.87. The number of nitrogens with zero attached hydrogens (tertiary/aromatic N) is 2. The van der Waals surface area contributed by atoms with Crippen LogP contribution >= 0.6 is 34.4 Å². The lowest BCUT2D eigenvalue weighted by Crippen LogP contribution is -2.28. The number of carbonyl (C=O) groups is 1. The van der Waals surface area contributed by atoms with Gasteiger partial charge in [0, 0.05) is 6.54 Å². The van der Waals surface area contributed by atoms with Crippen molar-refractivity contribution in [1.82, 2.24) is 4.90 Å². The van der Waals surface area contributed by atoms with Crippen LogP contribution < -0.4 is 9.47 Å². The van der Waals surface area contributed by atoms with Gasteiger partial charge in [-0.25, -0.2) is 9.38 Å². The molecule has 0 aliphatic carbocycles. The molecule has 0 N–H and O–H groups in total. The molecule has 30 heavy (non-hydrogen) atoms. The third-order valence-electron chi connectivity index (χ3n) is 4.17. The Hall–Kier alpha value is -2.07. The standard InChI is InChI=1S/C22H22FIN2O3S/c1-4-26-21(27)19(30-22(26)25-16-9-7-15(23)8-10-16)13-14-11-17(24)20(29-6-3)18(12-14)28-5-2/h7-13H,4-6H2,1-3H3/b19-13+,25-22?. The van der Waals surface area contributed by atoms with Crippen LogP contribution in [0.5, 0.6) is 11.5 Å². The number of amides is 1. The largest absolute Gasteiger partial charge is 0.490 e. The fraction of sp³-hybridized carbons (Fsp3) is 0.273. The van der Waals surface area contributed by atoms with Gasteiger partial charge in [0.25, 0.3) is 5.91 Å². The average molecular weight is 540 g/mol. The SMILES string of the molecule is CCOc1cc(/C=C2/SC(=Nc3ccc(F)cc3)N(CC)C2=O)cc(I)c1OCC. The van der Waals surface area contributed by atoms with Crippen LogP contribution in [-0.4, -0.2) is 35.7 Å². The summed E-state index contributed by atoms with van der Waals surface area (Å²) in [5, 5.41) is 0.575. The van der Waals surface area contributed by atoms with Crippen molar-refractivity contribution in [3.63, 3.8) is 0 Å². The maximum Gasteiger partial charge on any atom is 0.266 e. The number of amidine groups is 1. The smallest absolute Gasteiger partial charge is 0.266 e. The first-order valence-electron chi connectivity index (χ1n) is 9.61. The third-order valence-corrected chi connectivity index (χ3v) is 5.98. The first-order valence-corrected chi connectivity index (χ1v) is 11.5. The molecule has 0 bridgehead atoms. The molecule has 158 valence electrons. The Morgan fingerprint density at radius 1 is 1.13 bits per heavy atom. The van der Waals surface area contributed by atoms with E-state index in [1.54, 1.807) is 17.0 Å². The highest BCUT2D eigenvalue weighted by molar-refractivity contribution is 14.1. The molecule has 0 saturated carbocycles. The molecule has 0 atom stereocenters. The second-order valence-corrected chi connectivity index (χ2v) is 8.40. The number of halogens is 2. The zero-order valence-electron chi connectivity index (χ0n) is 16.9. The van der Waals surface area contributed by atoms with Crippen LogP contribution in [0.15, 0.2) is 46.3 Å². The van der Waals surface area contributed by atoms with E-state index in [1.165, 1.54) is 23.9 Å². The van der Waals surface area contributed by atoms with E-state index in [0.717, 1.165) is 9.13 Å². The number of thioether (sulfide) groups is 1. The van der Waals surface area contributed by atoms with Crippen molar-refractivity contribution in [2.45, 2.75) is 20.8 Å². The molecule has 8 heteroatoms. The van der Waals surface area contributed by atoms with Crippen LogP contribution in [0.2, 0.25) is 0 Å². The molecule has 3 rings (SSSR count). The van der Waals surface area contributed by atoms with Crippen LogP contribution in [0, 0.1) is 9.39 Å². The lowest BCUT2D eigenvalue weighted by molar-refractivity contribution is -0.122. The van der Waals surface area contributed by atoms with Crippen LogP contribution in [0.3, 0.4) is 0 Å². The van der Waals surface area contributed by atoms with Gasteiger partial charge in [0.15, 0.2) is 16.7 Å². The van der Waals surface area contributed by atoms with Crippen LogP contribution in [0.4, 0.5) is 10.1 Å². The van der Waals surface area contributed by atoms with Crippen molar-refractivity contribution in [1.29, 1.82) is 0 Å². The fourth-order valence-corrected chi connectivity index (χ4v) is 4.71. The van der Waals surface area contributed by atoms with Crippen molar-refractivity contribution in [3.8, 4) is 11.5 Å². The summed E-state index contributed by atoms with van der Waals surface area (Å²) >= 11 is 3.51. The normalized spacial score (nSPS) is 16.6. The van der Waals surface area contributed by atoms with E-state index in [4.69, 9.17) is 9.47 Å². The topological polar surface area (TPSA) is 51.1 Å². The number of carbonyl (C=O) groups excluding carboxylic acids is 1. The number of hydrogen-bond acceptors (Lipinski definition) is 5. The first kappa shape index (κ1) is 22.6. The van der Waals surface area contributed by atoms with Gasteiger partial charge in [0.05, 0.1) is 27.4 Å². The van der Waals surface area contributed by atoms with E-state index in [2.05, 4.69) is 27.6 Å². The summed E-state index contributed by atoms with van der Waals surface area (Å²) in [7, 11) is 0. The zero-order valence-corrected chi connectivity index (χ0v) is 19.9. The summed E-state index contributed by atoms with van der Waals surface area (Å²) < 4.78 is 25.5. The quantitative estimate of drug-likeness (QED) is 0.327. The molecule has 2 aromatic carbocycles. The van der Waals surface area contributed by atoms with Gasteiger partial charge >= 0.3 is 0 Å². The Bertz CT molecular complexity index is 993. The molecule has 0 spiro atoms. The molecule has 0 unspecified atom stereocenters. The molecule has 1 fully saturated rings. The van der Waals surface area contributed by atoms with Gasteiger partial charge < -0.3 is 9.47 Å². The molecule has 1 aliphatic heterocycles. The summed E-state index contributed by atoms with van der Waals surface area (Å²) in [6.45, 7) is 7.29. The van der Waals surface area contributed by atoms with E-state index >= 15 is 0 Å². The molecule has 1 saturated heterocycles. The molecule has 5 nitrogen and oxygen atoms in total. The highest BCUT2D eigenvalue weighted by Gasteiger charge is 2.32. The molecule has 1 heterocycles. The van der Waals surface area contributed by atoms with Gasteiger partial charge in [-0.3, -0.25) is 9.69 Å². The minimum Gasteiger partial charge on any atom is -0.490 e. The van der Waals surface area contributed by atoms with Crippen molar-refractivity contribution < 1.29 is 18.7 Å². The van der Waals surface area contributed by atoms with E-state index in [1.807, 2.05) is 39.0 Å². The Labute approximate surface area is 193 Å².